The van der Waals surface area contributed by atoms with Crippen LogP contribution >= 0.6 is 0 Å². The Morgan fingerprint density at radius 2 is 1.85 bits per heavy atom. The first-order chi connectivity index (χ1) is 26.6. The predicted octanol–water partition coefficient (Wildman–Crippen LogP) is 7.45. The maximum Gasteiger partial charge on any atom is 0.188 e. The van der Waals surface area contributed by atoms with Gasteiger partial charge in [-0.25, -0.2) is 0 Å². The molecular formula is C45H61N3O7. The Hall–Kier alpha value is -4.15. The minimum atomic E-state index is -0.845. The molecule has 1 saturated carbocycles. The topological polar surface area (TPSA) is 159 Å². The van der Waals surface area contributed by atoms with Gasteiger partial charge in [0.1, 0.15) is 29.5 Å². The van der Waals surface area contributed by atoms with E-state index >= 15 is 0 Å². The van der Waals surface area contributed by atoms with E-state index in [1.165, 1.54) is 5.56 Å². The van der Waals surface area contributed by atoms with Crippen LogP contribution in [0.5, 0.6) is 28.7 Å². The van der Waals surface area contributed by atoms with Crippen LogP contribution in [0.1, 0.15) is 118 Å². The van der Waals surface area contributed by atoms with E-state index in [4.69, 9.17) is 19.9 Å². The number of phenolic OH excluding ortho intramolecular Hbond substituents is 2. The normalized spacial score (nSPS) is 25.9. The Labute approximate surface area is 326 Å². The number of aliphatic hydroxyl groups excluding tert-OH is 2. The summed E-state index contributed by atoms with van der Waals surface area (Å²) in [6, 6.07) is 11.4. The number of methoxy groups -OCH3 is 1. The van der Waals surface area contributed by atoms with E-state index in [0.29, 0.717) is 47.7 Å². The SMILES string of the molecule is CCCCC[C@H]1Cc2cc(O)c(CC(C)C)cc2-c2c(OC)cc3c(c21)C[C@@H](O)[C@H](c1ccc(O)c(O[C@H]2CCC[C@@H](CO)[C@@H]2C[C@H]2CCN=C(N)N2)c1)O3. The predicted molar refractivity (Wildman–Crippen MR) is 215 cm³/mol. The molecule has 2 aliphatic carbocycles. The number of benzene rings is 3. The van der Waals surface area contributed by atoms with Gasteiger partial charge < -0.3 is 45.7 Å². The third-order valence-corrected chi connectivity index (χ3v) is 12.5. The van der Waals surface area contributed by atoms with Crippen molar-refractivity contribution in [1.29, 1.82) is 0 Å². The van der Waals surface area contributed by atoms with Gasteiger partial charge in [-0.1, -0.05) is 46.1 Å². The second kappa shape index (κ2) is 16.9. The average molecular weight is 756 g/mol. The summed E-state index contributed by atoms with van der Waals surface area (Å²) in [6.45, 7) is 7.29. The Bertz CT molecular complexity index is 1860. The van der Waals surface area contributed by atoms with Crippen molar-refractivity contribution >= 4 is 5.96 Å². The molecule has 55 heavy (non-hydrogen) atoms. The molecule has 0 aromatic heterocycles. The van der Waals surface area contributed by atoms with E-state index in [1.54, 1.807) is 25.3 Å². The lowest BCUT2D eigenvalue weighted by atomic mass is 9.72. The van der Waals surface area contributed by atoms with Gasteiger partial charge in [0.25, 0.3) is 0 Å². The lowest BCUT2D eigenvalue weighted by Gasteiger charge is -2.40. The van der Waals surface area contributed by atoms with Crippen molar-refractivity contribution in [2.75, 3.05) is 20.3 Å². The van der Waals surface area contributed by atoms with Crippen molar-refractivity contribution in [2.45, 2.75) is 128 Å². The number of hydrogen-bond acceptors (Lipinski definition) is 10. The number of rotatable bonds is 13. The van der Waals surface area contributed by atoms with Crippen LogP contribution in [-0.2, 0) is 19.3 Å². The van der Waals surface area contributed by atoms with Crippen molar-refractivity contribution in [3.63, 3.8) is 0 Å². The van der Waals surface area contributed by atoms with Gasteiger partial charge in [-0.2, -0.15) is 0 Å². The highest BCUT2D eigenvalue weighted by molar-refractivity contribution is 5.83. The first-order valence-corrected chi connectivity index (χ1v) is 20.7. The molecule has 4 aliphatic rings. The first-order valence-electron chi connectivity index (χ1n) is 20.7. The summed E-state index contributed by atoms with van der Waals surface area (Å²) in [5, 5.41) is 47.7. The maximum absolute atomic E-state index is 11.9. The summed E-state index contributed by atoms with van der Waals surface area (Å²) < 4.78 is 19.6. The fraction of sp³-hybridized carbons (Fsp3) is 0.578. The number of ether oxygens (including phenoxy) is 3. The summed E-state index contributed by atoms with van der Waals surface area (Å²) in [7, 11) is 1.70. The van der Waals surface area contributed by atoms with Crippen LogP contribution in [-0.4, -0.2) is 64.9 Å². The van der Waals surface area contributed by atoms with Crippen molar-refractivity contribution in [3.8, 4) is 39.9 Å². The van der Waals surface area contributed by atoms with E-state index in [2.05, 4.69) is 37.1 Å². The number of aliphatic hydroxyl groups is 2. The molecular weight excluding hydrogens is 695 g/mol. The fourth-order valence-electron chi connectivity index (χ4n) is 9.83. The van der Waals surface area contributed by atoms with Crippen molar-refractivity contribution in [3.05, 3.63) is 64.2 Å². The molecule has 0 bridgehead atoms. The van der Waals surface area contributed by atoms with Gasteiger partial charge in [-0.15, -0.1) is 0 Å². The second-order valence-corrected chi connectivity index (χ2v) is 16.8. The number of fused-ring (bicyclic) bond motifs is 5. The highest BCUT2D eigenvalue weighted by Crippen LogP contribution is 2.54. The Kier molecular flexibility index (Phi) is 12.0. The third kappa shape index (κ3) is 8.22. The highest BCUT2D eigenvalue weighted by atomic mass is 16.5. The molecule has 2 heterocycles. The van der Waals surface area contributed by atoms with Gasteiger partial charge in [0.15, 0.2) is 17.5 Å². The molecule has 0 unspecified atom stereocenters. The second-order valence-electron chi connectivity index (χ2n) is 16.8. The smallest absolute Gasteiger partial charge is 0.188 e. The number of nitrogens with zero attached hydrogens (tertiary/aromatic N) is 1. The molecule has 3 aromatic carbocycles. The number of nitrogens with two attached hydrogens (primary N) is 1. The Morgan fingerprint density at radius 1 is 1.02 bits per heavy atom. The van der Waals surface area contributed by atoms with Crippen LogP contribution in [0.25, 0.3) is 11.1 Å². The molecule has 10 heteroatoms. The van der Waals surface area contributed by atoms with Crippen LogP contribution in [0.2, 0.25) is 0 Å². The summed E-state index contributed by atoms with van der Waals surface area (Å²) in [6.07, 6.45) is 8.87. The highest BCUT2D eigenvalue weighted by Gasteiger charge is 2.40. The van der Waals surface area contributed by atoms with Gasteiger partial charge >= 0.3 is 0 Å². The number of hydrogen-bond donors (Lipinski definition) is 6. The van der Waals surface area contributed by atoms with E-state index in [1.807, 2.05) is 12.1 Å². The number of unbranched alkanes of at least 4 members (excludes halogenated alkanes) is 2. The molecule has 7 rings (SSSR count). The minimum Gasteiger partial charge on any atom is -0.508 e. The van der Waals surface area contributed by atoms with Gasteiger partial charge in [0.05, 0.1) is 13.2 Å². The molecule has 10 nitrogen and oxygen atoms in total. The molecule has 0 amide bonds. The number of aliphatic imine (C=N–C) groups is 1. The summed E-state index contributed by atoms with van der Waals surface area (Å²) in [4.78, 5) is 4.28. The van der Waals surface area contributed by atoms with Gasteiger partial charge in [0.2, 0.25) is 0 Å². The molecule has 2 aliphatic heterocycles. The lowest BCUT2D eigenvalue weighted by molar-refractivity contribution is 0.0135. The summed E-state index contributed by atoms with van der Waals surface area (Å²) in [5.74, 6) is 3.33. The average Bonchev–Trinajstić information content (AvgIpc) is 3.16. The number of phenols is 2. The molecule has 0 saturated heterocycles. The number of aromatic hydroxyl groups is 2. The van der Waals surface area contributed by atoms with Crippen LogP contribution in [0, 0.1) is 17.8 Å². The zero-order chi connectivity index (χ0) is 38.8. The zero-order valence-corrected chi connectivity index (χ0v) is 33.0. The van der Waals surface area contributed by atoms with Crippen molar-refractivity contribution < 1.29 is 34.6 Å². The number of nitrogens with one attached hydrogen (secondary N) is 1. The van der Waals surface area contributed by atoms with Gasteiger partial charge in [-0.3, -0.25) is 4.99 Å². The molecule has 1 fully saturated rings. The van der Waals surface area contributed by atoms with Crippen LogP contribution < -0.4 is 25.3 Å². The minimum absolute atomic E-state index is 0.0266. The molecule has 7 atom stereocenters. The molecule has 7 N–H and O–H groups in total. The van der Waals surface area contributed by atoms with Crippen LogP contribution in [0.3, 0.4) is 0 Å². The lowest BCUT2D eigenvalue weighted by Crippen LogP contribution is -2.48. The Balaban J connectivity index is 1.21. The molecule has 298 valence electrons. The van der Waals surface area contributed by atoms with Crippen molar-refractivity contribution in [2.24, 2.45) is 28.5 Å². The van der Waals surface area contributed by atoms with E-state index in [0.717, 1.165) is 104 Å². The van der Waals surface area contributed by atoms with E-state index in [-0.39, 0.29) is 42.3 Å². The third-order valence-electron chi connectivity index (χ3n) is 12.5. The summed E-state index contributed by atoms with van der Waals surface area (Å²) in [5.41, 5.74) is 13.1. The first kappa shape index (κ1) is 39.1. The van der Waals surface area contributed by atoms with E-state index < -0.39 is 12.2 Å². The Morgan fingerprint density at radius 3 is 2.60 bits per heavy atom. The number of guanidine groups is 1. The van der Waals surface area contributed by atoms with E-state index in [9.17, 15) is 20.4 Å². The monoisotopic (exact) mass is 755 g/mol. The maximum atomic E-state index is 11.9. The quantitative estimate of drug-likeness (QED) is 0.0975. The zero-order valence-electron chi connectivity index (χ0n) is 33.0. The van der Waals surface area contributed by atoms with Crippen molar-refractivity contribution in [1.82, 2.24) is 5.32 Å². The molecule has 0 radical (unpaired) electrons. The molecule has 0 spiro atoms. The fourth-order valence-corrected chi connectivity index (χ4v) is 9.83. The molecule has 3 aromatic rings. The van der Waals surface area contributed by atoms with Gasteiger partial charge in [0, 0.05) is 48.7 Å². The largest absolute Gasteiger partial charge is 0.508 e. The standard InChI is InChI=1S/C45H61N3O7/c1-5-6-7-9-26-17-29-19-36(51)30(16-25(2)3)18-33(29)43-41(53-4)23-39-34(42(26)43)22-37(52)44(55-39)27-12-13-35(50)40(20-27)54-38-11-8-10-28(24-49)32(38)21-31-14-15-47-45(46)48-31/h12-13,18-20,23,25-26,28,31-32,37-38,44,49-52H,5-11,14-17,21-22,24H2,1-4H3,(H3,46,47,48)/t26-,28-,31+,32-,37+,38-,44-/m0/s1. The van der Waals surface area contributed by atoms with Gasteiger partial charge in [-0.05, 0) is 121 Å². The van der Waals surface area contributed by atoms with Crippen LogP contribution in [0.4, 0.5) is 0 Å². The van der Waals surface area contributed by atoms with Crippen LogP contribution in [0.15, 0.2) is 41.4 Å². The summed E-state index contributed by atoms with van der Waals surface area (Å²) >= 11 is 0.